The Bertz CT molecular complexity index is 881. The van der Waals surface area contributed by atoms with Gasteiger partial charge in [0.15, 0.2) is 0 Å². The maximum atomic E-state index is 12.5. The van der Waals surface area contributed by atoms with Crippen LogP contribution in [0.2, 0.25) is 0 Å². The van der Waals surface area contributed by atoms with Gasteiger partial charge >= 0.3 is 0 Å². The van der Waals surface area contributed by atoms with Gasteiger partial charge in [0.2, 0.25) is 5.91 Å². The number of nitro benzene ring substituents is 1. The summed E-state index contributed by atoms with van der Waals surface area (Å²) in [5.41, 5.74) is 2.13. The number of hydrogen-bond donors (Lipinski definition) is 1. The molecule has 6 heteroatoms. The Morgan fingerprint density at radius 2 is 1.83 bits per heavy atom. The summed E-state index contributed by atoms with van der Waals surface area (Å²) >= 11 is 0. The molecule has 0 spiro atoms. The number of aliphatic hydroxyl groups is 1. The molecule has 0 fully saturated rings. The molecule has 6 nitrogen and oxygen atoms in total. The molecule has 0 saturated carbocycles. The van der Waals surface area contributed by atoms with Crippen LogP contribution in [-0.2, 0) is 13.0 Å². The smallest absolute Gasteiger partial charge is 0.269 e. The highest BCUT2D eigenvalue weighted by Gasteiger charge is 2.14. The molecule has 0 saturated heterocycles. The molecule has 1 N–H and O–H groups in total. The summed E-state index contributed by atoms with van der Waals surface area (Å²) in [6.07, 6.45) is 1.76. The molecule has 0 aliphatic heterocycles. The minimum Gasteiger partial charge on any atom is -0.392 e. The van der Waals surface area contributed by atoms with E-state index in [9.17, 15) is 20.0 Å². The number of para-hydroxylation sites is 1. The number of nitrogens with zero attached hydrogens (tertiary/aromatic N) is 2. The van der Waals surface area contributed by atoms with Gasteiger partial charge in [0.05, 0.1) is 23.5 Å². The molecule has 3 aromatic rings. The van der Waals surface area contributed by atoms with E-state index in [0.29, 0.717) is 11.1 Å². The van der Waals surface area contributed by atoms with Crippen LogP contribution < -0.4 is 0 Å². The second-order valence-corrected chi connectivity index (χ2v) is 5.19. The molecule has 0 aliphatic carbocycles. The molecular weight excluding hydrogens is 296 g/mol. The van der Waals surface area contributed by atoms with E-state index in [2.05, 4.69) is 0 Å². The molecule has 0 bridgehead atoms. The zero-order valence-electron chi connectivity index (χ0n) is 12.2. The number of benzene rings is 2. The maximum Gasteiger partial charge on any atom is 0.269 e. The van der Waals surface area contributed by atoms with Gasteiger partial charge < -0.3 is 5.11 Å². The lowest BCUT2D eigenvalue weighted by Crippen LogP contribution is -2.12. The van der Waals surface area contributed by atoms with Crippen molar-refractivity contribution in [2.75, 3.05) is 0 Å². The predicted octanol–water partition coefficient (Wildman–Crippen LogP) is 2.92. The fourth-order valence-corrected chi connectivity index (χ4v) is 2.58. The van der Waals surface area contributed by atoms with Gasteiger partial charge in [-0.3, -0.25) is 19.5 Å². The van der Waals surface area contributed by atoms with E-state index in [1.54, 1.807) is 18.3 Å². The van der Waals surface area contributed by atoms with Gasteiger partial charge in [-0.2, -0.15) is 0 Å². The van der Waals surface area contributed by atoms with Crippen LogP contribution in [0.5, 0.6) is 0 Å². The highest BCUT2D eigenvalue weighted by Crippen LogP contribution is 2.22. The second-order valence-electron chi connectivity index (χ2n) is 5.19. The number of carbonyl (C=O) groups excluding carboxylic acids is 1. The van der Waals surface area contributed by atoms with Crippen molar-refractivity contribution in [3.05, 3.63) is 76.0 Å². The lowest BCUT2D eigenvalue weighted by molar-refractivity contribution is -0.384. The number of fused-ring (bicyclic) bond motifs is 1. The van der Waals surface area contributed by atoms with Crippen molar-refractivity contribution in [3.63, 3.8) is 0 Å². The molecule has 0 aliphatic rings. The van der Waals surface area contributed by atoms with Crippen molar-refractivity contribution < 1.29 is 14.8 Å². The van der Waals surface area contributed by atoms with Crippen LogP contribution in [0.1, 0.15) is 15.9 Å². The lowest BCUT2D eigenvalue weighted by atomic mass is 10.1. The summed E-state index contributed by atoms with van der Waals surface area (Å²) in [6.45, 7) is -0.141. The van der Waals surface area contributed by atoms with Crippen LogP contribution in [0.15, 0.2) is 54.7 Å². The Labute approximate surface area is 131 Å². The quantitative estimate of drug-likeness (QED) is 0.593. The number of carbonyl (C=O) groups is 1. The van der Waals surface area contributed by atoms with E-state index in [1.165, 1.54) is 16.7 Å². The summed E-state index contributed by atoms with van der Waals surface area (Å²) in [4.78, 5) is 22.7. The van der Waals surface area contributed by atoms with Crippen molar-refractivity contribution in [2.24, 2.45) is 0 Å². The van der Waals surface area contributed by atoms with Crippen LogP contribution >= 0.6 is 0 Å². The molecule has 1 aromatic heterocycles. The van der Waals surface area contributed by atoms with Crippen LogP contribution in [0.4, 0.5) is 5.69 Å². The van der Waals surface area contributed by atoms with Crippen molar-refractivity contribution >= 4 is 22.5 Å². The van der Waals surface area contributed by atoms with Gasteiger partial charge in [-0.1, -0.05) is 30.3 Å². The van der Waals surface area contributed by atoms with Crippen molar-refractivity contribution in [3.8, 4) is 0 Å². The van der Waals surface area contributed by atoms with Crippen molar-refractivity contribution in [2.45, 2.75) is 13.0 Å². The summed E-state index contributed by atoms with van der Waals surface area (Å²) in [5, 5.41) is 20.9. The van der Waals surface area contributed by atoms with Crippen LogP contribution in [0.3, 0.4) is 0 Å². The molecule has 1 heterocycles. The average molecular weight is 310 g/mol. The standard InChI is InChI=1S/C17H14N2O4/c20-11-13-10-18(16-4-2-1-3-15(13)16)17(21)9-12-5-7-14(8-6-12)19(22)23/h1-8,10,20H,9,11H2. The van der Waals surface area contributed by atoms with E-state index >= 15 is 0 Å². The summed E-state index contributed by atoms with van der Waals surface area (Å²) < 4.78 is 1.52. The SMILES string of the molecule is O=C(Cc1ccc([N+](=O)[O-])cc1)n1cc(CO)c2ccccc21. The van der Waals surface area contributed by atoms with Crippen LogP contribution in [0.25, 0.3) is 10.9 Å². The van der Waals surface area contributed by atoms with Crippen LogP contribution in [-0.4, -0.2) is 20.5 Å². The third-order valence-electron chi connectivity index (χ3n) is 3.74. The molecule has 23 heavy (non-hydrogen) atoms. The Balaban J connectivity index is 1.90. The van der Waals surface area contributed by atoms with Gasteiger partial charge in [-0.05, 0) is 11.6 Å². The first-order chi connectivity index (χ1) is 11.1. The minimum atomic E-state index is -0.474. The fraction of sp³-hybridized carbons (Fsp3) is 0.118. The Kier molecular flexibility index (Phi) is 3.91. The maximum absolute atomic E-state index is 12.5. The third-order valence-corrected chi connectivity index (χ3v) is 3.74. The van der Waals surface area contributed by atoms with Gasteiger partial charge in [-0.25, -0.2) is 0 Å². The van der Waals surface area contributed by atoms with Crippen molar-refractivity contribution in [1.29, 1.82) is 0 Å². The number of rotatable bonds is 4. The number of hydrogen-bond acceptors (Lipinski definition) is 4. The molecule has 3 rings (SSSR count). The first kappa shape index (κ1) is 14.9. The van der Waals surface area contributed by atoms with E-state index < -0.39 is 4.92 Å². The zero-order valence-corrected chi connectivity index (χ0v) is 12.2. The van der Waals surface area contributed by atoms with E-state index in [-0.39, 0.29) is 24.6 Å². The Morgan fingerprint density at radius 3 is 2.48 bits per heavy atom. The fourth-order valence-electron chi connectivity index (χ4n) is 2.58. The van der Waals surface area contributed by atoms with Gasteiger partial charge in [-0.15, -0.1) is 0 Å². The Hall–Kier alpha value is -2.99. The number of nitro groups is 1. The molecule has 2 aromatic carbocycles. The van der Waals surface area contributed by atoms with E-state index in [4.69, 9.17) is 0 Å². The van der Waals surface area contributed by atoms with Crippen molar-refractivity contribution in [1.82, 2.24) is 4.57 Å². The lowest BCUT2D eigenvalue weighted by Gasteiger charge is -2.04. The minimum absolute atomic E-state index is 0.00446. The average Bonchev–Trinajstić information content (AvgIpc) is 2.94. The molecule has 0 radical (unpaired) electrons. The topological polar surface area (TPSA) is 85.4 Å². The third kappa shape index (κ3) is 2.84. The van der Waals surface area contributed by atoms with Crippen LogP contribution in [0, 0.1) is 10.1 Å². The predicted molar refractivity (Wildman–Crippen MR) is 85.3 cm³/mol. The highest BCUT2D eigenvalue weighted by atomic mass is 16.6. The molecule has 0 amide bonds. The number of non-ortho nitro benzene ring substituents is 1. The number of aromatic nitrogens is 1. The molecule has 0 unspecified atom stereocenters. The monoisotopic (exact) mass is 310 g/mol. The molecule has 116 valence electrons. The normalized spacial score (nSPS) is 10.8. The van der Waals surface area contributed by atoms with Gasteiger partial charge in [0.1, 0.15) is 0 Å². The summed E-state index contributed by atoms with van der Waals surface area (Å²) in [7, 11) is 0. The molecule has 0 atom stereocenters. The Morgan fingerprint density at radius 1 is 1.13 bits per heavy atom. The highest BCUT2D eigenvalue weighted by molar-refractivity contribution is 5.95. The summed E-state index contributed by atoms with van der Waals surface area (Å²) in [6, 6.07) is 13.3. The zero-order chi connectivity index (χ0) is 16.4. The van der Waals surface area contributed by atoms with Gasteiger partial charge in [0, 0.05) is 29.3 Å². The summed E-state index contributed by atoms with van der Waals surface area (Å²) in [5.74, 6) is -0.158. The molecular formula is C17H14N2O4. The first-order valence-electron chi connectivity index (χ1n) is 7.06. The van der Waals surface area contributed by atoms with E-state index in [0.717, 1.165) is 10.9 Å². The van der Waals surface area contributed by atoms with E-state index in [1.807, 2.05) is 24.3 Å². The largest absolute Gasteiger partial charge is 0.392 e. The number of aliphatic hydroxyl groups excluding tert-OH is 1. The first-order valence-corrected chi connectivity index (χ1v) is 7.06. The van der Waals surface area contributed by atoms with Gasteiger partial charge in [0.25, 0.3) is 5.69 Å². The second kappa shape index (κ2) is 6.02.